The van der Waals surface area contributed by atoms with Gasteiger partial charge in [0.05, 0.1) is 17.1 Å². The predicted octanol–water partition coefficient (Wildman–Crippen LogP) is 2.65. The van der Waals surface area contributed by atoms with Crippen LogP contribution < -0.4 is 5.32 Å². The maximum atomic E-state index is 13.7. The quantitative estimate of drug-likeness (QED) is 0.790. The third kappa shape index (κ3) is 4.55. The Morgan fingerprint density at radius 3 is 2.40 bits per heavy atom. The van der Waals surface area contributed by atoms with E-state index in [1.807, 2.05) is 17.0 Å². The van der Waals surface area contributed by atoms with E-state index in [4.69, 9.17) is 0 Å². The highest BCUT2D eigenvalue weighted by atomic mass is 32.2. The Kier molecular flexibility index (Phi) is 6.17. The average molecular weight is 432 g/mol. The van der Waals surface area contributed by atoms with Crippen molar-refractivity contribution in [3.05, 3.63) is 59.4 Å². The number of nitrogens with one attached hydrogen (secondary N) is 1. The fourth-order valence-corrected chi connectivity index (χ4v) is 5.58. The van der Waals surface area contributed by atoms with Crippen molar-refractivity contribution in [1.29, 1.82) is 0 Å². The summed E-state index contributed by atoms with van der Waals surface area (Å²) in [6.45, 7) is 1.66. The summed E-state index contributed by atoms with van der Waals surface area (Å²) in [5, 5.41) is 2.57. The van der Waals surface area contributed by atoms with Crippen molar-refractivity contribution in [2.45, 2.75) is 30.6 Å². The van der Waals surface area contributed by atoms with E-state index in [1.54, 1.807) is 18.2 Å². The van der Waals surface area contributed by atoms with Crippen LogP contribution in [0.3, 0.4) is 0 Å². The van der Waals surface area contributed by atoms with Gasteiger partial charge < -0.3 is 5.32 Å². The van der Waals surface area contributed by atoms with Crippen LogP contribution in [-0.2, 0) is 27.7 Å². The molecule has 0 saturated carbocycles. The highest BCUT2D eigenvalue weighted by Crippen LogP contribution is 2.26. The van der Waals surface area contributed by atoms with Gasteiger partial charge in [-0.3, -0.25) is 9.69 Å². The zero-order valence-corrected chi connectivity index (χ0v) is 17.6. The summed E-state index contributed by atoms with van der Waals surface area (Å²) in [5.74, 6) is -0.794. The van der Waals surface area contributed by atoms with Crippen LogP contribution in [0.5, 0.6) is 0 Å². The van der Waals surface area contributed by atoms with Crippen molar-refractivity contribution < 1.29 is 17.6 Å². The van der Waals surface area contributed by atoms with Crippen molar-refractivity contribution in [3.63, 3.8) is 0 Å². The standard InChI is InChI=1S/C22H26FN3O3S/c23-20-7-3-4-8-21(20)24-22(27)16-25-11-13-26(14-12-25)30(28,29)19-10-9-17-5-1-2-6-18(17)15-19/h3-4,7-10,15H,1-2,5-6,11-14,16H2,(H,24,27). The molecule has 4 rings (SSSR count). The van der Waals surface area contributed by atoms with Gasteiger partial charge in [0.15, 0.2) is 0 Å². The van der Waals surface area contributed by atoms with Crippen LogP contribution in [0.4, 0.5) is 10.1 Å². The number of anilines is 1. The van der Waals surface area contributed by atoms with Crippen LogP contribution in [0.1, 0.15) is 24.0 Å². The fraction of sp³-hybridized carbons (Fsp3) is 0.409. The van der Waals surface area contributed by atoms with Crippen LogP contribution in [0, 0.1) is 5.82 Å². The van der Waals surface area contributed by atoms with E-state index >= 15 is 0 Å². The Labute approximate surface area is 176 Å². The maximum Gasteiger partial charge on any atom is 0.243 e. The van der Waals surface area contributed by atoms with Crippen LogP contribution in [0.15, 0.2) is 47.4 Å². The molecule has 2 aromatic carbocycles. The van der Waals surface area contributed by atoms with Crippen molar-refractivity contribution in [1.82, 2.24) is 9.21 Å². The van der Waals surface area contributed by atoms with Crippen molar-refractivity contribution in [3.8, 4) is 0 Å². The van der Waals surface area contributed by atoms with Crippen LogP contribution in [0.2, 0.25) is 0 Å². The van der Waals surface area contributed by atoms with E-state index in [1.165, 1.54) is 22.0 Å². The van der Waals surface area contributed by atoms with Gasteiger partial charge in [-0.15, -0.1) is 0 Å². The number of sulfonamides is 1. The number of piperazine rings is 1. The molecule has 0 spiro atoms. The molecular weight excluding hydrogens is 405 g/mol. The predicted molar refractivity (Wildman–Crippen MR) is 113 cm³/mol. The average Bonchev–Trinajstić information content (AvgIpc) is 2.75. The molecule has 0 atom stereocenters. The fourth-order valence-electron chi connectivity index (χ4n) is 4.10. The molecule has 6 nitrogen and oxygen atoms in total. The summed E-state index contributed by atoms with van der Waals surface area (Å²) >= 11 is 0. The molecule has 0 unspecified atom stereocenters. The summed E-state index contributed by atoms with van der Waals surface area (Å²) in [5.41, 5.74) is 2.55. The Balaban J connectivity index is 1.34. The highest BCUT2D eigenvalue weighted by molar-refractivity contribution is 7.89. The molecule has 1 aliphatic carbocycles. The normalized spacial score (nSPS) is 18.0. The number of benzene rings is 2. The number of fused-ring (bicyclic) bond motifs is 1. The third-order valence-corrected chi connectivity index (χ3v) is 7.70. The highest BCUT2D eigenvalue weighted by Gasteiger charge is 2.29. The third-order valence-electron chi connectivity index (χ3n) is 5.80. The molecular formula is C22H26FN3O3S. The van der Waals surface area contributed by atoms with E-state index < -0.39 is 15.8 Å². The summed E-state index contributed by atoms with van der Waals surface area (Å²) in [7, 11) is -3.55. The zero-order valence-electron chi connectivity index (χ0n) is 16.8. The van der Waals surface area contributed by atoms with E-state index in [-0.39, 0.29) is 18.1 Å². The number of aryl methyl sites for hydroxylation is 2. The van der Waals surface area contributed by atoms with Crippen LogP contribution in [-0.4, -0.2) is 56.3 Å². The van der Waals surface area contributed by atoms with Gasteiger partial charge in [0.1, 0.15) is 5.82 Å². The molecule has 1 heterocycles. The summed E-state index contributed by atoms with van der Waals surface area (Å²) in [6, 6.07) is 11.5. The van der Waals surface area contributed by atoms with Gasteiger partial charge in [0.25, 0.3) is 0 Å². The molecule has 0 bridgehead atoms. The van der Waals surface area contributed by atoms with Crippen LogP contribution in [0.25, 0.3) is 0 Å². The van der Waals surface area contributed by atoms with Gasteiger partial charge in [-0.05, 0) is 61.1 Å². The first-order chi connectivity index (χ1) is 14.4. The molecule has 1 amide bonds. The first kappa shape index (κ1) is 21.0. The maximum absolute atomic E-state index is 13.7. The largest absolute Gasteiger partial charge is 0.322 e. The molecule has 160 valence electrons. The van der Waals surface area contributed by atoms with Gasteiger partial charge in [-0.2, -0.15) is 4.31 Å². The Bertz CT molecular complexity index is 1030. The molecule has 2 aliphatic rings. The number of amides is 1. The number of halogens is 1. The first-order valence-electron chi connectivity index (χ1n) is 10.3. The van der Waals surface area contributed by atoms with E-state index in [9.17, 15) is 17.6 Å². The minimum atomic E-state index is -3.55. The molecule has 0 radical (unpaired) electrons. The summed E-state index contributed by atoms with van der Waals surface area (Å²) in [6.07, 6.45) is 4.21. The SMILES string of the molecule is O=C(CN1CCN(S(=O)(=O)c2ccc3c(c2)CCCC3)CC1)Nc1ccccc1F. The van der Waals surface area contributed by atoms with Crippen LogP contribution >= 0.6 is 0 Å². The molecule has 0 aromatic heterocycles. The Morgan fingerprint density at radius 2 is 1.67 bits per heavy atom. The number of rotatable bonds is 5. The van der Waals surface area contributed by atoms with Gasteiger partial charge in [-0.1, -0.05) is 18.2 Å². The minimum Gasteiger partial charge on any atom is -0.322 e. The molecule has 1 aliphatic heterocycles. The molecule has 1 N–H and O–H groups in total. The lowest BCUT2D eigenvalue weighted by Gasteiger charge is -2.33. The smallest absolute Gasteiger partial charge is 0.243 e. The Hall–Kier alpha value is -2.29. The van der Waals surface area contributed by atoms with Gasteiger partial charge in [0.2, 0.25) is 15.9 Å². The lowest BCUT2D eigenvalue weighted by Crippen LogP contribution is -2.50. The molecule has 1 fully saturated rings. The lowest BCUT2D eigenvalue weighted by molar-refractivity contribution is -0.117. The van der Waals surface area contributed by atoms with E-state index in [2.05, 4.69) is 5.32 Å². The molecule has 8 heteroatoms. The number of nitrogens with zero attached hydrogens (tertiary/aromatic N) is 2. The summed E-state index contributed by atoms with van der Waals surface area (Å²) < 4.78 is 41.3. The number of hydrogen-bond donors (Lipinski definition) is 1. The topological polar surface area (TPSA) is 69.7 Å². The first-order valence-corrected chi connectivity index (χ1v) is 11.8. The number of carbonyl (C=O) groups excluding carboxylic acids is 1. The summed E-state index contributed by atoms with van der Waals surface area (Å²) in [4.78, 5) is 14.5. The number of carbonyl (C=O) groups is 1. The monoisotopic (exact) mass is 431 g/mol. The van der Waals surface area contributed by atoms with Gasteiger partial charge in [0, 0.05) is 26.2 Å². The number of hydrogen-bond acceptors (Lipinski definition) is 4. The van der Waals surface area contributed by atoms with Crippen molar-refractivity contribution >= 4 is 21.6 Å². The molecule has 30 heavy (non-hydrogen) atoms. The van der Waals surface area contributed by atoms with Gasteiger partial charge in [-0.25, -0.2) is 12.8 Å². The van der Waals surface area contributed by atoms with Crippen molar-refractivity contribution in [2.24, 2.45) is 0 Å². The van der Waals surface area contributed by atoms with E-state index in [0.29, 0.717) is 31.1 Å². The van der Waals surface area contributed by atoms with Crippen molar-refractivity contribution in [2.75, 3.05) is 38.0 Å². The molecule has 1 saturated heterocycles. The minimum absolute atomic E-state index is 0.0983. The van der Waals surface area contributed by atoms with E-state index in [0.717, 1.165) is 31.2 Å². The Morgan fingerprint density at radius 1 is 0.967 bits per heavy atom. The second kappa shape index (κ2) is 8.83. The van der Waals surface area contributed by atoms with Gasteiger partial charge >= 0.3 is 0 Å². The second-order valence-corrected chi connectivity index (χ2v) is 9.78. The second-order valence-electron chi connectivity index (χ2n) is 7.85. The number of para-hydroxylation sites is 1. The zero-order chi connectivity index (χ0) is 21.1. The lowest BCUT2D eigenvalue weighted by atomic mass is 9.92. The molecule has 2 aromatic rings.